The number of hydrogen-bond acceptors (Lipinski definition) is 7. The number of nitrogens with one attached hydrogen (secondary N) is 3. The van der Waals surface area contributed by atoms with E-state index in [4.69, 9.17) is 4.42 Å². The van der Waals surface area contributed by atoms with Crippen LogP contribution in [-0.4, -0.2) is 76.8 Å². The highest BCUT2D eigenvalue weighted by Gasteiger charge is 2.42. The zero-order chi connectivity index (χ0) is 29.1. The van der Waals surface area contributed by atoms with Crippen molar-refractivity contribution in [2.24, 2.45) is 5.92 Å². The van der Waals surface area contributed by atoms with Crippen molar-refractivity contribution < 1.29 is 23.2 Å². The van der Waals surface area contributed by atoms with E-state index in [1.54, 1.807) is 29.2 Å². The van der Waals surface area contributed by atoms with Crippen molar-refractivity contribution in [2.45, 2.75) is 50.0 Å². The van der Waals surface area contributed by atoms with Gasteiger partial charge in [0.25, 0.3) is 5.91 Å². The summed E-state index contributed by atoms with van der Waals surface area (Å²) in [5.74, 6) is 6.25. The van der Waals surface area contributed by atoms with E-state index in [0.29, 0.717) is 24.4 Å². The number of likely N-dealkylation sites (tertiary alicyclic amines) is 1. The van der Waals surface area contributed by atoms with Gasteiger partial charge in [0.2, 0.25) is 24.1 Å². The molecule has 10 nitrogen and oxygen atoms in total. The predicted octanol–water partition coefficient (Wildman–Crippen LogP) is 2.06. The van der Waals surface area contributed by atoms with E-state index in [-0.39, 0.29) is 55.2 Å². The lowest BCUT2D eigenvalue weighted by Crippen LogP contribution is -2.46. The van der Waals surface area contributed by atoms with E-state index < -0.39 is 12.2 Å². The van der Waals surface area contributed by atoms with Crippen molar-refractivity contribution in [3.05, 3.63) is 71.6 Å². The maximum absolute atomic E-state index is 13.5. The van der Waals surface area contributed by atoms with E-state index in [0.717, 1.165) is 29.5 Å². The lowest BCUT2D eigenvalue weighted by atomic mass is 10.1. The first kappa shape index (κ1) is 27.6. The Kier molecular flexibility index (Phi) is 7.97. The van der Waals surface area contributed by atoms with Crippen LogP contribution in [0.25, 0.3) is 11.5 Å². The van der Waals surface area contributed by atoms with Crippen LogP contribution in [0.3, 0.4) is 0 Å². The molecule has 42 heavy (non-hydrogen) atoms. The maximum Gasteiger partial charge on any atom is 0.251 e. The van der Waals surface area contributed by atoms with Crippen LogP contribution in [0.1, 0.15) is 47.2 Å². The van der Waals surface area contributed by atoms with E-state index in [1.165, 1.54) is 6.39 Å². The number of carbonyl (C=O) groups excluding carboxylic acids is 3. The maximum atomic E-state index is 13.5. The predicted molar refractivity (Wildman–Crippen MR) is 151 cm³/mol. The second-order valence-electron chi connectivity index (χ2n) is 11.0. The summed E-state index contributed by atoms with van der Waals surface area (Å²) in [5.41, 5.74) is 2.88. The van der Waals surface area contributed by atoms with Crippen LogP contribution in [0.4, 0.5) is 4.39 Å². The Morgan fingerprint density at radius 3 is 2.36 bits per heavy atom. The fourth-order valence-corrected chi connectivity index (χ4v) is 5.40. The Labute approximate surface area is 242 Å². The van der Waals surface area contributed by atoms with Gasteiger partial charge < -0.3 is 25.3 Å². The zero-order valence-electron chi connectivity index (χ0n) is 22.9. The number of carbonyl (C=O) groups is 3. The largest absolute Gasteiger partial charge is 0.423 e. The highest BCUT2D eigenvalue weighted by molar-refractivity contribution is 5.94. The molecule has 3 fully saturated rings. The molecule has 4 atom stereocenters. The molecule has 2 aromatic carbocycles. The number of nitrogens with zero attached hydrogens (tertiary/aromatic N) is 3. The van der Waals surface area contributed by atoms with Gasteiger partial charge in [-0.25, -0.2) is 4.39 Å². The molecule has 0 radical (unpaired) electrons. The van der Waals surface area contributed by atoms with Crippen LogP contribution in [0.5, 0.6) is 0 Å². The fraction of sp³-hybridized carbons (Fsp3) is 0.387. The second kappa shape index (κ2) is 12.1. The van der Waals surface area contributed by atoms with Gasteiger partial charge >= 0.3 is 0 Å². The normalized spacial score (nSPS) is 23.2. The van der Waals surface area contributed by atoms with Crippen LogP contribution >= 0.6 is 0 Å². The number of benzene rings is 2. The minimum absolute atomic E-state index is 0.0263. The first-order chi connectivity index (χ1) is 20.4. The van der Waals surface area contributed by atoms with Crippen LogP contribution in [0, 0.1) is 17.8 Å². The fourth-order valence-electron chi connectivity index (χ4n) is 5.40. The highest BCUT2D eigenvalue weighted by atomic mass is 19.1. The molecule has 3 N–H and O–H groups in total. The van der Waals surface area contributed by atoms with Crippen molar-refractivity contribution in [3.63, 3.8) is 0 Å². The van der Waals surface area contributed by atoms with Gasteiger partial charge in [0, 0.05) is 60.3 Å². The summed E-state index contributed by atoms with van der Waals surface area (Å²) in [6.45, 7) is 0.841. The van der Waals surface area contributed by atoms with Crippen LogP contribution in [-0.2, 0) is 9.59 Å². The second-order valence-corrected chi connectivity index (χ2v) is 11.0. The zero-order valence-corrected chi connectivity index (χ0v) is 22.9. The Morgan fingerprint density at radius 2 is 1.74 bits per heavy atom. The number of rotatable bonds is 7. The monoisotopic (exact) mass is 570 g/mol. The molecule has 0 spiro atoms. The molecule has 3 aliphatic rings. The third-order valence-electron chi connectivity index (χ3n) is 7.85. The van der Waals surface area contributed by atoms with Crippen LogP contribution in [0.15, 0.2) is 59.3 Å². The lowest BCUT2D eigenvalue weighted by Gasteiger charge is -2.25. The molecular weight excluding hydrogens is 539 g/mol. The Bertz CT molecular complexity index is 1490. The topological polar surface area (TPSA) is 129 Å². The van der Waals surface area contributed by atoms with Crippen molar-refractivity contribution in [1.82, 2.24) is 31.0 Å². The van der Waals surface area contributed by atoms with Gasteiger partial charge in [0.15, 0.2) is 0 Å². The summed E-state index contributed by atoms with van der Waals surface area (Å²) in [4.78, 5) is 40.3. The summed E-state index contributed by atoms with van der Waals surface area (Å²) in [6, 6.07) is 13.5. The summed E-state index contributed by atoms with van der Waals surface area (Å²) < 4.78 is 18.7. The van der Waals surface area contributed by atoms with Gasteiger partial charge in [0.1, 0.15) is 6.17 Å². The van der Waals surface area contributed by atoms with Crippen molar-refractivity contribution >= 4 is 17.7 Å². The summed E-state index contributed by atoms with van der Waals surface area (Å²) in [5, 5.41) is 16.4. The molecule has 6 rings (SSSR count). The van der Waals surface area contributed by atoms with Crippen molar-refractivity contribution in [1.29, 1.82) is 0 Å². The summed E-state index contributed by atoms with van der Waals surface area (Å²) >= 11 is 0. The number of halogens is 1. The van der Waals surface area contributed by atoms with Gasteiger partial charge in [0.05, 0.1) is 12.1 Å². The van der Waals surface area contributed by atoms with E-state index in [9.17, 15) is 18.8 Å². The quantitative estimate of drug-likeness (QED) is 0.371. The smallest absolute Gasteiger partial charge is 0.251 e. The molecule has 216 valence electrons. The van der Waals surface area contributed by atoms with Gasteiger partial charge in [-0.2, -0.15) is 0 Å². The molecule has 3 aromatic rings. The molecule has 3 heterocycles. The van der Waals surface area contributed by atoms with Crippen LogP contribution < -0.4 is 16.0 Å². The standard InChI is InChI=1S/C31H31FN6O4/c32-24-13-27(33-15-24)29(40)36-25-14-26(38(17-25)31(41)23-11-12-23)16-34-28(39)21-7-3-19(4-8-21)1-2-20-5-9-22(10-6-20)30-37-35-18-42-30/h3-10,18,23-27,33H,11-17H2,(H,34,39)(H,36,40)/t24-,25+,26+,27-/m0/s1. The van der Waals surface area contributed by atoms with E-state index in [1.807, 2.05) is 24.3 Å². The third-order valence-corrected chi connectivity index (χ3v) is 7.85. The molecule has 1 aromatic heterocycles. The molecule has 2 aliphatic heterocycles. The highest BCUT2D eigenvalue weighted by Crippen LogP contribution is 2.33. The summed E-state index contributed by atoms with van der Waals surface area (Å²) in [6.07, 6.45) is 2.68. The minimum atomic E-state index is -1.02. The number of amides is 3. The van der Waals surface area contributed by atoms with Gasteiger partial charge in [-0.3, -0.25) is 14.4 Å². The third kappa shape index (κ3) is 6.50. The summed E-state index contributed by atoms with van der Waals surface area (Å²) in [7, 11) is 0. The molecular formula is C31H31FN6O4. The van der Waals surface area contributed by atoms with Crippen LogP contribution in [0.2, 0.25) is 0 Å². The molecule has 11 heteroatoms. The van der Waals surface area contributed by atoms with Crippen molar-refractivity contribution in [3.8, 4) is 23.3 Å². The van der Waals surface area contributed by atoms with Gasteiger partial charge in [-0.15, -0.1) is 10.2 Å². The minimum Gasteiger partial charge on any atom is -0.423 e. The molecule has 3 amide bonds. The van der Waals surface area contributed by atoms with Gasteiger partial charge in [-0.05, 0) is 67.8 Å². The number of aromatic nitrogens is 2. The van der Waals surface area contributed by atoms with E-state index >= 15 is 0 Å². The number of hydrogen-bond donors (Lipinski definition) is 3. The molecule has 0 bridgehead atoms. The lowest BCUT2D eigenvalue weighted by molar-refractivity contribution is -0.133. The van der Waals surface area contributed by atoms with Gasteiger partial charge in [-0.1, -0.05) is 11.8 Å². The van der Waals surface area contributed by atoms with Crippen molar-refractivity contribution in [2.75, 3.05) is 19.6 Å². The number of alkyl halides is 1. The molecule has 2 saturated heterocycles. The first-order valence-corrected chi connectivity index (χ1v) is 14.2. The SMILES string of the molecule is O=C(NC[C@H]1C[C@@H](NC(=O)[C@@H]2C[C@H](F)CN2)CN1C(=O)C1CC1)c1ccc(C#Cc2ccc(-c3nnco3)cc2)cc1. The molecule has 1 saturated carbocycles. The average molecular weight is 571 g/mol. The van der Waals surface area contributed by atoms with E-state index in [2.05, 4.69) is 38.0 Å². The Hall–Kier alpha value is -4.56. The first-order valence-electron chi connectivity index (χ1n) is 14.2. The molecule has 1 aliphatic carbocycles. The Balaban J connectivity index is 1.03. The Morgan fingerprint density at radius 1 is 1.02 bits per heavy atom. The molecule has 0 unspecified atom stereocenters. The average Bonchev–Trinajstić information content (AvgIpc) is 3.34.